The summed E-state index contributed by atoms with van der Waals surface area (Å²) in [5.74, 6) is -0.129. The quantitative estimate of drug-likeness (QED) is 0.660. The number of amides is 1. The van der Waals surface area contributed by atoms with Gasteiger partial charge in [0.15, 0.2) is 5.65 Å². The number of carbonyl (C=O) groups is 1. The van der Waals surface area contributed by atoms with Crippen LogP contribution < -0.4 is 5.69 Å². The minimum absolute atomic E-state index is 0.0746. The lowest BCUT2D eigenvalue weighted by atomic mass is 10.2. The molecule has 8 nitrogen and oxygen atoms in total. The van der Waals surface area contributed by atoms with Crippen LogP contribution in [-0.2, 0) is 16.1 Å². The van der Waals surface area contributed by atoms with Crippen molar-refractivity contribution in [3.63, 3.8) is 0 Å². The Labute approximate surface area is 130 Å². The fraction of sp³-hybridized carbons (Fsp3) is 0.333. The number of ether oxygens (including phenoxy) is 1. The van der Waals surface area contributed by atoms with Crippen molar-refractivity contribution in [1.29, 1.82) is 0 Å². The number of aromatic nitrogens is 4. The van der Waals surface area contributed by atoms with Gasteiger partial charge in [0.25, 0.3) is 0 Å². The molecule has 4 rings (SSSR count). The van der Waals surface area contributed by atoms with Crippen LogP contribution >= 0.6 is 0 Å². The van der Waals surface area contributed by atoms with Crippen LogP contribution in [-0.4, -0.2) is 56.3 Å². The van der Waals surface area contributed by atoms with Crippen LogP contribution in [0.25, 0.3) is 16.6 Å². The molecule has 3 heterocycles. The molecule has 1 saturated heterocycles. The normalized spacial score (nSPS) is 15.4. The zero-order valence-electron chi connectivity index (χ0n) is 12.4. The maximum atomic E-state index is 12.4. The summed E-state index contributed by atoms with van der Waals surface area (Å²) in [5.41, 5.74) is 0.909. The van der Waals surface area contributed by atoms with E-state index >= 15 is 0 Å². The molecular formula is C15H15N5O3. The number of benzene rings is 1. The number of rotatable bonds is 2. The number of fused-ring (bicyclic) bond motifs is 3. The molecular weight excluding hydrogens is 298 g/mol. The Morgan fingerprint density at radius 1 is 1.22 bits per heavy atom. The van der Waals surface area contributed by atoms with Crippen molar-refractivity contribution >= 4 is 22.5 Å². The highest BCUT2D eigenvalue weighted by atomic mass is 16.5. The molecule has 2 aromatic heterocycles. The topological polar surface area (TPSA) is 81.7 Å². The van der Waals surface area contributed by atoms with Crippen molar-refractivity contribution in [3.05, 3.63) is 41.1 Å². The molecule has 8 heteroatoms. The van der Waals surface area contributed by atoms with Crippen molar-refractivity contribution < 1.29 is 9.53 Å². The number of hydrogen-bond donors (Lipinski definition) is 0. The molecule has 1 fully saturated rings. The minimum atomic E-state index is -0.361. The standard InChI is InChI=1S/C15H15N5O3/c21-13(18-5-7-23-8-6-18)9-20-15(22)19-10-16-12-4-2-1-3-11(12)14(19)17-20/h1-4,10H,5-9H2. The van der Waals surface area contributed by atoms with Crippen LogP contribution in [0, 0.1) is 0 Å². The highest BCUT2D eigenvalue weighted by molar-refractivity contribution is 5.90. The van der Waals surface area contributed by atoms with Gasteiger partial charge >= 0.3 is 5.69 Å². The Morgan fingerprint density at radius 2 is 2.00 bits per heavy atom. The van der Waals surface area contributed by atoms with E-state index in [-0.39, 0.29) is 18.1 Å². The van der Waals surface area contributed by atoms with Gasteiger partial charge in [0, 0.05) is 18.5 Å². The third kappa shape index (κ3) is 2.36. The van der Waals surface area contributed by atoms with E-state index in [9.17, 15) is 9.59 Å². The van der Waals surface area contributed by atoms with Gasteiger partial charge in [0.2, 0.25) is 5.91 Å². The van der Waals surface area contributed by atoms with Crippen molar-refractivity contribution in [3.8, 4) is 0 Å². The van der Waals surface area contributed by atoms with Gasteiger partial charge < -0.3 is 9.64 Å². The third-order valence-corrected chi connectivity index (χ3v) is 3.98. The highest BCUT2D eigenvalue weighted by Gasteiger charge is 2.19. The summed E-state index contributed by atoms with van der Waals surface area (Å²) < 4.78 is 7.80. The molecule has 0 saturated carbocycles. The van der Waals surface area contributed by atoms with Gasteiger partial charge in [-0.3, -0.25) is 4.79 Å². The van der Waals surface area contributed by atoms with Gasteiger partial charge in [-0.25, -0.2) is 18.9 Å². The van der Waals surface area contributed by atoms with E-state index in [0.717, 1.165) is 10.9 Å². The molecule has 0 N–H and O–H groups in total. The first-order valence-corrected chi connectivity index (χ1v) is 7.42. The van der Waals surface area contributed by atoms with Crippen LogP contribution in [0.3, 0.4) is 0 Å². The van der Waals surface area contributed by atoms with E-state index in [2.05, 4.69) is 10.1 Å². The second-order valence-electron chi connectivity index (χ2n) is 5.39. The summed E-state index contributed by atoms with van der Waals surface area (Å²) in [5, 5.41) is 5.11. The van der Waals surface area contributed by atoms with Gasteiger partial charge in [-0.05, 0) is 12.1 Å². The van der Waals surface area contributed by atoms with Crippen molar-refractivity contribution in [2.24, 2.45) is 0 Å². The molecule has 23 heavy (non-hydrogen) atoms. The zero-order chi connectivity index (χ0) is 15.8. The van der Waals surface area contributed by atoms with Crippen molar-refractivity contribution in [2.45, 2.75) is 6.54 Å². The zero-order valence-corrected chi connectivity index (χ0v) is 12.4. The first-order valence-electron chi connectivity index (χ1n) is 7.42. The number of morpholine rings is 1. The first-order chi connectivity index (χ1) is 11.2. The second kappa shape index (κ2) is 5.47. The SMILES string of the molecule is O=C(Cn1nc2c3ccccc3ncn2c1=O)N1CCOCC1. The second-order valence-corrected chi connectivity index (χ2v) is 5.39. The average Bonchev–Trinajstić information content (AvgIpc) is 2.92. The van der Waals surface area contributed by atoms with Gasteiger partial charge in [-0.2, -0.15) is 0 Å². The Hall–Kier alpha value is -2.74. The fourth-order valence-electron chi connectivity index (χ4n) is 2.75. The first kappa shape index (κ1) is 13.9. The van der Waals surface area contributed by atoms with Crippen LogP contribution in [0.15, 0.2) is 35.4 Å². The van der Waals surface area contributed by atoms with E-state index in [4.69, 9.17) is 4.74 Å². The Morgan fingerprint density at radius 3 is 2.83 bits per heavy atom. The third-order valence-electron chi connectivity index (χ3n) is 3.98. The van der Waals surface area contributed by atoms with Gasteiger partial charge in [0.05, 0.1) is 18.7 Å². The number of nitrogens with zero attached hydrogens (tertiary/aromatic N) is 5. The molecule has 0 bridgehead atoms. The molecule has 0 spiro atoms. The molecule has 1 aliphatic rings. The maximum absolute atomic E-state index is 12.4. The number of carbonyl (C=O) groups excluding carboxylic acids is 1. The number of hydrogen-bond acceptors (Lipinski definition) is 5. The Balaban J connectivity index is 1.73. The van der Waals surface area contributed by atoms with Crippen molar-refractivity contribution in [2.75, 3.05) is 26.3 Å². The Kier molecular flexibility index (Phi) is 3.30. The molecule has 3 aromatic rings. The summed E-state index contributed by atoms with van der Waals surface area (Å²) in [6.07, 6.45) is 1.45. The van der Waals surface area contributed by atoms with Gasteiger partial charge in [0.1, 0.15) is 12.9 Å². The average molecular weight is 313 g/mol. The summed E-state index contributed by atoms with van der Waals surface area (Å²) in [7, 11) is 0. The molecule has 118 valence electrons. The van der Waals surface area contributed by atoms with Gasteiger partial charge in [-0.15, -0.1) is 5.10 Å². The van der Waals surface area contributed by atoms with Crippen LogP contribution in [0.1, 0.15) is 0 Å². The molecule has 0 radical (unpaired) electrons. The predicted molar refractivity (Wildman–Crippen MR) is 82.2 cm³/mol. The van der Waals surface area contributed by atoms with Crippen LogP contribution in [0.5, 0.6) is 0 Å². The fourth-order valence-corrected chi connectivity index (χ4v) is 2.75. The maximum Gasteiger partial charge on any atom is 0.352 e. The monoisotopic (exact) mass is 313 g/mol. The van der Waals surface area contributed by atoms with E-state index in [0.29, 0.717) is 32.0 Å². The van der Waals surface area contributed by atoms with E-state index in [1.807, 2.05) is 24.3 Å². The lowest BCUT2D eigenvalue weighted by Crippen LogP contribution is -2.43. The van der Waals surface area contributed by atoms with Crippen molar-refractivity contribution in [1.82, 2.24) is 24.1 Å². The summed E-state index contributed by atoms with van der Waals surface area (Å²) in [6.45, 7) is 2.08. The van der Waals surface area contributed by atoms with E-state index < -0.39 is 0 Å². The smallest absolute Gasteiger partial charge is 0.352 e. The summed E-state index contributed by atoms with van der Waals surface area (Å²) in [4.78, 5) is 30.7. The van der Waals surface area contributed by atoms with Crippen LogP contribution in [0.4, 0.5) is 0 Å². The molecule has 1 aromatic carbocycles. The largest absolute Gasteiger partial charge is 0.378 e. The number of para-hydroxylation sites is 1. The lowest BCUT2D eigenvalue weighted by Gasteiger charge is -2.26. The molecule has 0 unspecified atom stereocenters. The highest BCUT2D eigenvalue weighted by Crippen LogP contribution is 2.14. The molecule has 0 atom stereocenters. The van der Waals surface area contributed by atoms with E-state index in [1.165, 1.54) is 15.4 Å². The van der Waals surface area contributed by atoms with E-state index in [1.54, 1.807) is 4.90 Å². The molecule has 0 aliphatic carbocycles. The Bertz CT molecular complexity index is 939. The summed E-state index contributed by atoms with van der Waals surface area (Å²) in [6, 6.07) is 7.46. The molecule has 1 aliphatic heterocycles. The predicted octanol–water partition coefficient (Wildman–Crippen LogP) is -0.0970. The molecule has 1 amide bonds. The van der Waals surface area contributed by atoms with Gasteiger partial charge in [-0.1, -0.05) is 12.1 Å². The summed E-state index contributed by atoms with van der Waals surface area (Å²) >= 11 is 0. The lowest BCUT2D eigenvalue weighted by molar-refractivity contribution is -0.136. The minimum Gasteiger partial charge on any atom is -0.378 e. The van der Waals surface area contributed by atoms with Crippen LogP contribution in [0.2, 0.25) is 0 Å².